The fourth-order valence-corrected chi connectivity index (χ4v) is 2.15. The zero-order chi connectivity index (χ0) is 9.10. The number of carbonyl (C=O) groups is 1. The maximum Gasteiger partial charge on any atom is 0.292 e. The molecule has 2 rings (SSSR count). The van der Waals surface area contributed by atoms with Gasteiger partial charge in [0.25, 0.3) is 5.91 Å². The van der Waals surface area contributed by atoms with Gasteiger partial charge in [-0.2, -0.15) is 11.8 Å². The Morgan fingerprint density at radius 1 is 1.54 bits per heavy atom. The maximum absolute atomic E-state index is 11.6. The van der Waals surface area contributed by atoms with Crippen LogP contribution in [0.3, 0.4) is 0 Å². The summed E-state index contributed by atoms with van der Waals surface area (Å²) in [6.07, 6.45) is 1.49. The Labute approximate surface area is 80.3 Å². The van der Waals surface area contributed by atoms with E-state index in [1.54, 1.807) is 11.0 Å². The van der Waals surface area contributed by atoms with Crippen molar-refractivity contribution in [2.75, 3.05) is 24.6 Å². The van der Waals surface area contributed by atoms with Gasteiger partial charge in [0, 0.05) is 30.7 Å². The lowest BCUT2D eigenvalue weighted by molar-refractivity contribution is 0.0730. The normalized spacial score (nSPS) is 17.4. The third-order valence-corrected chi connectivity index (χ3v) is 2.89. The highest BCUT2D eigenvalue weighted by molar-refractivity contribution is 7.99. The van der Waals surface area contributed by atoms with E-state index in [1.165, 1.54) is 6.20 Å². The summed E-state index contributed by atoms with van der Waals surface area (Å²) in [7, 11) is 0. The first-order chi connectivity index (χ1) is 6.38. The molecule has 0 unspecified atom stereocenters. The van der Waals surface area contributed by atoms with Crippen LogP contribution in [0.4, 0.5) is 0 Å². The van der Waals surface area contributed by atoms with Crippen LogP contribution >= 0.6 is 11.8 Å². The number of rotatable bonds is 1. The van der Waals surface area contributed by atoms with Crippen molar-refractivity contribution in [3.05, 3.63) is 18.0 Å². The molecule has 0 bridgehead atoms. The van der Waals surface area contributed by atoms with Crippen LogP contribution in [0.25, 0.3) is 0 Å². The zero-order valence-corrected chi connectivity index (χ0v) is 7.92. The molecule has 0 N–H and O–H groups in total. The molecular weight excluding hydrogens is 188 g/mol. The van der Waals surface area contributed by atoms with Gasteiger partial charge in [0.1, 0.15) is 0 Å². The van der Waals surface area contributed by atoms with E-state index in [-0.39, 0.29) is 5.91 Å². The van der Waals surface area contributed by atoms with E-state index in [0.29, 0.717) is 5.76 Å². The second kappa shape index (κ2) is 3.83. The molecule has 0 atom stereocenters. The average molecular weight is 198 g/mol. The van der Waals surface area contributed by atoms with E-state index in [9.17, 15) is 4.79 Å². The van der Waals surface area contributed by atoms with Gasteiger partial charge in [0.2, 0.25) is 5.76 Å². The third-order valence-electron chi connectivity index (χ3n) is 1.95. The lowest BCUT2D eigenvalue weighted by Gasteiger charge is -2.24. The summed E-state index contributed by atoms with van der Waals surface area (Å²) < 4.78 is 4.80. The van der Waals surface area contributed by atoms with E-state index < -0.39 is 0 Å². The van der Waals surface area contributed by atoms with Gasteiger partial charge in [-0.15, -0.1) is 0 Å². The molecular formula is C8H10N2O2S. The van der Waals surface area contributed by atoms with Crippen LogP contribution < -0.4 is 0 Å². The van der Waals surface area contributed by atoms with E-state index in [4.69, 9.17) is 4.52 Å². The predicted octanol–water partition coefficient (Wildman–Crippen LogP) is 0.864. The SMILES string of the molecule is O=C(c1ccno1)N1CCSCC1. The summed E-state index contributed by atoms with van der Waals surface area (Å²) in [5.41, 5.74) is 0. The number of thioether (sulfide) groups is 1. The molecule has 0 aliphatic carbocycles. The van der Waals surface area contributed by atoms with E-state index >= 15 is 0 Å². The van der Waals surface area contributed by atoms with Crippen LogP contribution in [-0.2, 0) is 0 Å². The highest BCUT2D eigenvalue weighted by atomic mass is 32.2. The molecule has 4 nitrogen and oxygen atoms in total. The van der Waals surface area contributed by atoms with E-state index in [2.05, 4.69) is 5.16 Å². The molecule has 1 amide bonds. The molecule has 0 aromatic carbocycles. The van der Waals surface area contributed by atoms with Gasteiger partial charge < -0.3 is 9.42 Å². The molecule has 1 aliphatic rings. The minimum Gasteiger partial charge on any atom is -0.351 e. The van der Waals surface area contributed by atoms with Gasteiger partial charge in [-0.05, 0) is 0 Å². The van der Waals surface area contributed by atoms with Crippen molar-refractivity contribution in [2.45, 2.75) is 0 Å². The van der Waals surface area contributed by atoms with Crippen molar-refractivity contribution in [3.63, 3.8) is 0 Å². The van der Waals surface area contributed by atoms with Crippen LogP contribution in [-0.4, -0.2) is 40.6 Å². The van der Waals surface area contributed by atoms with Crippen LogP contribution in [0, 0.1) is 0 Å². The summed E-state index contributed by atoms with van der Waals surface area (Å²) in [5.74, 6) is 2.32. The molecule has 2 heterocycles. The van der Waals surface area contributed by atoms with E-state index in [0.717, 1.165) is 24.6 Å². The minimum absolute atomic E-state index is 0.0437. The van der Waals surface area contributed by atoms with Crippen LogP contribution in [0.1, 0.15) is 10.6 Å². The quantitative estimate of drug-likeness (QED) is 0.671. The Balaban J connectivity index is 2.04. The summed E-state index contributed by atoms with van der Waals surface area (Å²) in [5, 5.41) is 3.51. The number of hydrogen-bond acceptors (Lipinski definition) is 4. The molecule has 0 saturated carbocycles. The lowest BCUT2D eigenvalue weighted by atomic mass is 10.3. The molecule has 1 aromatic rings. The molecule has 13 heavy (non-hydrogen) atoms. The molecule has 70 valence electrons. The Kier molecular flexibility index (Phi) is 2.54. The summed E-state index contributed by atoms with van der Waals surface area (Å²) in [6.45, 7) is 1.62. The van der Waals surface area contributed by atoms with Crippen molar-refractivity contribution >= 4 is 17.7 Å². The number of aromatic nitrogens is 1. The highest BCUT2D eigenvalue weighted by Gasteiger charge is 2.20. The lowest BCUT2D eigenvalue weighted by Crippen LogP contribution is -2.37. The molecule has 0 radical (unpaired) electrons. The predicted molar refractivity (Wildman–Crippen MR) is 49.7 cm³/mol. The fourth-order valence-electron chi connectivity index (χ4n) is 1.25. The standard InChI is InChI=1S/C8H10N2O2S/c11-8(7-1-2-9-12-7)10-3-5-13-6-4-10/h1-2H,3-6H2. The number of hydrogen-bond donors (Lipinski definition) is 0. The fraction of sp³-hybridized carbons (Fsp3) is 0.500. The monoisotopic (exact) mass is 198 g/mol. The molecule has 1 aromatic heterocycles. The average Bonchev–Trinajstić information content (AvgIpc) is 2.71. The topological polar surface area (TPSA) is 46.3 Å². The largest absolute Gasteiger partial charge is 0.351 e. The highest BCUT2D eigenvalue weighted by Crippen LogP contribution is 2.12. The zero-order valence-electron chi connectivity index (χ0n) is 7.10. The van der Waals surface area contributed by atoms with Gasteiger partial charge in [0.15, 0.2) is 0 Å². The first kappa shape index (κ1) is 8.62. The van der Waals surface area contributed by atoms with Gasteiger partial charge in [0.05, 0.1) is 6.20 Å². The van der Waals surface area contributed by atoms with Crippen molar-refractivity contribution < 1.29 is 9.32 Å². The minimum atomic E-state index is -0.0437. The Morgan fingerprint density at radius 2 is 2.31 bits per heavy atom. The number of nitrogens with zero attached hydrogens (tertiary/aromatic N) is 2. The van der Waals surface area contributed by atoms with Gasteiger partial charge in [-0.1, -0.05) is 5.16 Å². The van der Waals surface area contributed by atoms with Crippen molar-refractivity contribution in [1.29, 1.82) is 0 Å². The van der Waals surface area contributed by atoms with Crippen molar-refractivity contribution in [3.8, 4) is 0 Å². The number of carbonyl (C=O) groups excluding carboxylic acids is 1. The van der Waals surface area contributed by atoms with Crippen molar-refractivity contribution in [2.24, 2.45) is 0 Å². The Morgan fingerprint density at radius 3 is 2.92 bits per heavy atom. The molecule has 1 fully saturated rings. The van der Waals surface area contributed by atoms with Crippen LogP contribution in [0.15, 0.2) is 16.8 Å². The van der Waals surface area contributed by atoms with Gasteiger partial charge in [-0.25, -0.2) is 0 Å². The Bertz CT molecular complexity index is 280. The molecule has 1 saturated heterocycles. The number of amides is 1. The molecule has 1 aliphatic heterocycles. The molecule has 5 heteroatoms. The summed E-state index contributed by atoms with van der Waals surface area (Å²) >= 11 is 1.87. The van der Waals surface area contributed by atoms with Crippen LogP contribution in [0.2, 0.25) is 0 Å². The smallest absolute Gasteiger partial charge is 0.292 e. The second-order valence-corrected chi connectivity index (χ2v) is 4.01. The summed E-state index contributed by atoms with van der Waals surface area (Å²) in [6, 6.07) is 1.60. The maximum atomic E-state index is 11.6. The first-order valence-electron chi connectivity index (χ1n) is 4.15. The van der Waals surface area contributed by atoms with Crippen LogP contribution in [0.5, 0.6) is 0 Å². The Hall–Kier alpha value is -0.970. The first-order valence-corrected chi connectivity index (χ1v) is 5.31. The van der Waals surface area contributed by atoms with Gasteiger partial charge >= 0.3 is 0 Å². The van der Waals surface area contributed by atoms with Crippen molar-refractivity contribution in [1.82, 2.24) is 10.1 Å². The second-order valence-electron chi connectivity index (χ2n) is 2.78. The van der Waals surface area contributed by atoms with Gasteiger partial charge in [-0.3, -0.25) is 4.79 Å². The summed E-state index contributed by atoms with van der Waals surface area (Å²) in [4.78, 5) is 13.4. The molecule has 0 spiro atoms. The third kappa shape index (κ3) is 1.85. The van der Waals surface area contributed by atoms with E-state index in [1.807, 2.05) is 11.8 Å².